The quantitative estimate of drug-likeness (QED) is 0.791. The van der Waals surface area contributed by atoms with E-state index in [1.54, 1.807) is 0 Å². The van der Waals surface area contributed by atoms with Gasteiger partial charge in [0.1, 0.15) is 12.4 Å². The van der Waals surface area contributed by atoms with Gasteiger partial charge in [0.25, 0.3) is 0 Å². The average molecular weight is 209 g/mol. The van der Waals surface area contributed by atoms with Crippen LogP contribution in [0.25, 0.3) is 0 Å². The lowest BCUT2D eigenvalue weighted by Gasteiger charge is -2.16. The smallest absolute Gasteiger partial charge is 0.410 e. The van der Waals surface area contributed by atoms with Crippen LogP contribution in [0.15, 0.2) is 6.33 Å². The van der Waals surface area contributed by atoms with Gasteiger partial charge in [-0.15, -0.1) is 0 Å². The van der Waals surface area contributed by atoms with Crippen molar-refractivity contribution in [2.24, 2.45) is 0 Å². The van der Waals surface area contributed by atoms with E-state index in [9.17, 15) is 18.0 Å². The van der Waals surface area contributed by atoms with Gasteiger partial charge in [-0.25, -0.2) is 14.5 Å². The van der Waals surface area contributed by atoms with Crippen molar-refractivity contribution in [1.29, 1.82) is 0 Å². The van der Waals surface area contributed by atoms with E-state index < -0.39 is 24.0 Å². The molecule has 0 aliphatic rings. The van der Waals surface area contributed by atoms with Gasteiger partial charge >= 0.3 is 12.1 Å². The molecule has 0 saturated heterocycles. The Kier molecular flexibility index (Phi) is 2.45. The van der Waals surface area contributed by atoms with Crippen molar-refractivity contribution >= 4 is 5.97 Å². The van der Waals surface area contributed by atoms with E-state index >= 15 is 0 Å². The third-order valence-corrected chi connectivity index (χ3v) is 1.60. The minimum Gasteiger partial charge on any atom is -0.475 e. The van der Waals surface area contributed by atoms with Gasteiger partial charge in [-0.05, 0) is 6.92 Å². The molecule has 0 amide bonds. The number of nitrogens with zero attached hydrogens (tertiary/aromatic N) is 3. The molecule has 0 aliphatic carbocycles. The molecule has 8 heteroatoms. The first kappa shape index (κ1) is 10.5. The monoisotopic (exact) mass is 209 g/mol. The minimum atomic E-state index is -4.54. The summed E-state index contributed by atoms with van der Waals surface area (Å²) in [7, 11) is 0. The van der Waals surface area contributed by atoms with Gasteiger partial charge in [0.15, 0.2) is 0 Å². The van der Waals surface area contributed by atoms with Gasteiger partial charge in [-0.1, -0.05) is 0 Å². The lowest BCUT2D eigenvalue weighted by atomic mass is 10.3. The molecule has 14 heavy (non-hydrogen) atoms. The molecular weight excluding hydrogens is 203 g/mol. The molecule has 1 aromatic heterocycles. The molecule has 0 unspecified atom stereocenters. The highest BCUT2D eigenvalue weighted by molar-refractivity contribution is 5.83. The molecule has 1 aromatic rings. The van der Waals surface area contributed by atoms with E-state index in [-0.39, 0.29) is 0 Å². The number of halogens is 3. The molecule has 0 radical (unpaired) electrons. The summed E-state index contributed by atoms with van der Waals surface area (Å²) in [4.78, 5) is 13.6. The molecule has 0 fully saturated rings. The highest BCUT2D eigenvalue weighted by Gasteiger charge is 2.40. The van der Waals surface area contributed by atoms with Crippen LogP contribution in [0, 0.1) is 0 Å². The molecule has 0 aromatic carbocycles. The van der Waals surface area contributed by atoms with Crippen molar-refractivity contribution < 1.29 is 23.1 Å². The van der Waals surface area contributed by atoms with Crippen LogP contribution < -0.4 is 0 Å². The lowest BCUT2D eigenvalue weighted by Crippen LogP contribution is -2.27. The van der Waals surface area contributed by atoms with Gasteiger partial charge in [-0.2, -0.15) is 18.3 Å². The maximum atomic E-state index is 12.2. The molecule has 0 aliphatic heterocycles. The predicted molar refractivity (Wildman–Crippen MR) is 37.7 cm³/mol. The number of hydrogen-bond acceptors (Lipinski definition) is 3. The molecule has 0 spiro atoms. The Morgan fingerprint density at radius 3 is 2.64 bits per heavy atom. The number of rotatable bonds is 2. The Morgan fingerprint density at radius 1 is 1.64 bits per heavy atom. The van der Waals surface area contributed by atoms with Crippen LogP contribution in [0.5, 0.6) is 0 Å². The number of carboxylic acids is 1. The van der Waals surface area contributed by atoms with Crippen molar-refractivity contribution in [3.8, 4) is 0 Å². The molecule has 0 bridgehead atoms. The first-order chi connectivity index (χ1) is 6.34. The average Bonchev–Trinajstić information content (AvgIpc) is 2.48. The number of aromatic nitrogens is 3. The second kappa shape index (κ2) is 3.28. The zero-order valence-corrected chi connectivity index (χ0v) is 6.99. The standard InChI is InChI=1S/C6H6F3N3O2/c1-3(6(7,8)9)12-4(5(13)14)10-2-11-12/h2-3H,1H3,(H,13,14)/t3-/m1/s1. The summed E-state index contributed by atoms with van der Waals surface area (Å²) >= 11 is 0. The molecule has 1 atom stereocenters. The normalized spacial score (nSPS) is 14.0. The molecule has 78 valence electrons. The Balaban J connectivity index is 3.07. The summed E-state index contributed by atoms with van der Waals surface area (Å²) < 4.78 is 36.8. The topological polar surface area (TPSA) is 68.0 Å². The third kappa shape index (κ3) is 1.83. The molecule has 1 heterocycles. The summed E-state index contributed by atoms with van der Waals surface area (Å²) in [5, 5.41) is 11.7. The van der Waals surface area contributed by atoms with Crippen LogP contribution in [0.3, 0.4) is 0 Å². The second-order valence-electron chi connectivity index (χ2n) is 2.55. The summed E-state index contributed by atoms with van der Waals surface area (Å²) in [6, 6.07) is -2.00. The fourth-order valence-corrected chi connectivity index (χ4v) is 0.825. The number of carbonyl (C=O) groups is 1. The van der Waals surface area contributed by atoms with Crippen molar-refractivity contribution in [3.05, 3.63) is 12.2 Å². The minimum absolute atomic E-state index is 0.322. The van der Waals surface area contributed by atoms with Crippen molar-refractivity contribution in [3.63, 3.8) is 0 Å². The first-order valence-electron chi connectivity index (χ1n) is 3.53. The zero-order valence-electron chi connectivity index (χ0n) is 6.99. The number of alkyl halides is 3. The molecule has 1 N–H and O–H groups in total. The fraction of sp³-hybridized carbons (Fsp3) is 0.500. The van der Waals surface area contributed by atoms with Crippen LogP contribution in [0.1, 0.15) is 23.6 Å². The molecule has 1 rings (SSSR count). The highest BCUT2D eigenvalue weighted by atomic mass is 19.4. The van der Waals surface area contributed by atoms with Crippen molar-refractivity contribution in [1.82, 2.24) is 14.8 Å². The van der Waals surface area contributed by atoms with Gasteiger partial charge in [0.2, 0.25) is 5.82 Å². The number of aromatic carboxylic acids is 1. The van der Waals surface area contributed by atoms with Crippen molar-refractivity contribution in [2.75, 3.05) is 0 Å². The van der Waals surface area contributed by atoms with Crippen LogP contribution in [-0.2, 0) is 0 Å². The lowest BCUT2D eigenvalue weighted by molar-refractivity contribution is -0.165. The predicted octanol–water partition coefficient (Wildman–Crippen LogP) is 1.10. The Bertz CT molecular complexity index is 346. The summed E-state index contributed by atoms with van der Waals surface area (Å²) in [6.07, 6.45) is -3.77. The Morgan fingerprint density at radius 2 is 2.21 bits per heavy atom. The Labute approximate surface area is 76.2 Å². The van der Waals surface area contributed by atoms with E-state index in [0.29, 0.717) is 4.68 Å². The van der Waals surface area contributed by atoms with Crippen LogP contribution >= 0.6 is 0 Å². The highest BCUT2D eigenvalue weighted by Crippen LogP contribution is 2.29. The number of hydrogen-bond donors (Lipinski definition) is 1. The van der Waals surface area contributed by atoms with Gasteiger partial charge in [-0.3, -0.25) is 0 Å². The summed E-state index contributed by atoms with van der Waals surface area (Å²) in [5.74, 6) is -2.27. The van der Waals surface area contributed by atoms with Crippen LogP contribution in [0.2, 0.25) is 0 Å². The van der Waals surface area contributed by atoms with Crippen molar-refractivity contribution in [2.45, 2.75) is 19.1 Å². The third-order valence-electron chi connectivity index (χ3n) is 1.60. The fourth-order valence-electron chi connectivity index (χ4n) is 0.825. The largest absolute Gasteiger partial charge is 0.475 e. The van der Waals surface area contributed by atoms with E-state index in [2.05, 4.69) is 10.1 Å². The van der Waals surface area contributed by atoms with E-state index in [1.165, 1.54) is 0 Å². The van der Waals surface area contributed by atoms with E-state index in [0.717, 1.165) is 13.3 Å². The van der Waals surface area contributed by atoms with Crippen LogP contribution in [0.4, 0.5) is 13.2 Å². The van der Waals surface area contributed by atoms with E-state index in [4.69, 9.17) is 5.11 Å². The summed E-state index contributed by atoms with van der Waals surface area (Å²) in [6.45, 7) is 0.807. The zero-order chi connectivity index (χ0) is 10.9. The number of carboxylic acid groups (broad SMARTS) is 1. The van der Waals surface area contributed by atoms with Gasteiger partial charge < -0.3 is 5.11 Å². The maximum absolute atomic E-state index is 12.2. The van der Waals surface area contributed by atoms with Gasteiger partial charge in [0, 0.05) is 0 Å². The molecular formula is C6H6F3N3O2. The molecule has 0 saturated carbocycles. The summed E-state index contributed by atoms with van der Waals surface area (Å²) in [5.41, 5.74) is 0. The Hall–Kier alpha value is -1.60. The van der Waals surface area contributed by atoms with Gasteiger partial charge in [0.05, 0.1) is 0 Å². The van der Waals surface area contributed by atoms with E-state index in [1.807, 2.05) is 0 Å². The van der Waals surface area contributed by atoms with Crippen LogP contribution in [-0.4, -0.2) is 32.0 Å². The molecule has 5 nitrogen and oxygen atoms in total. The maximum Gasteiger partial charge on any atom is 0.410 e. The first-order valence-corrected chi connectivity index (χ1v) is 3.53. The SMILES string of the molecule is C[C@@H](n1ncnc1C(=O)O)C(F)(F)F. The second-order valence-corrected chi connectivity index (χ2v) is 2.55.